The molecule has 0 rings (SSSR count). The maximum absolute atomic E-state index is 10.7. The number of thiol groups is 1. The van der Waals surface area contributed by atoms with E-state index in [1.165, 1.54) is 0 Å². The summed E-state index contributed by atoms with van der Waals surface area (Å²) in [6, 6.07) is -1.04. The molecule has 0 unspecified atom stereocenters. The first-order chi connectivity index (χ1) is 5.43. The van der Waals surface area contributed by atoms with E-state index >= 15 is 0 Å². The fourth-order valence-electron chi connectivity index (χ4n) is 0.285. The summed E-state index contributed by atoms with van der Waals surface area (Å²) in [5.74, 6) is -1.02. The predicted molar refractivity (Wildman–Crippen MR) is 47.0 cm³/mol. The van der Waals surface area contributed by atoms with Gasteiger partial charge in [-0.25, -0.2) is 4.79 Å². The highest BCUT2D eigenvalue weighted by Crippen LogP contribution is 1.97. The Morgan fingerprint density at radius 2 is 2.25 bits per heavy atom. The fourth-order valence-corrected chi connectivity index (χ4v) is 0.855. The molecule has 12 heavy (non-hydrogen) atoms. The van der Waals surface area contributed by atoms with Crippen LogP contribution in [-0.2, 0) is 19.1 Å². The van der Waals surface area contributed by atoms with Gasteiger partial charge in [-0.3, -0.25) is 0 Å². The molecule has 0 radical (unpaired) electrons. The molecule has 0 fully saturated rings. The Morgan fingerprint density at radius 3 is 2.58 bits per heavy atom. The van der Waals surface area contributed by atoms with E-state index in [1.807, 2.05) is 0 Å². The summed E-state index contributed by atoms with van der Waals surface area (Å²) in [4.78, 5) is 10.7. The molecule has 0 aliphatic carbocycles. The summed E-state index contributed by atoms with van der Waals surface area (Å²) in [6.45, 7) is 2.95. The summed E-state index contributed by atoms with van der Waals surface area (Å²) >= 11 is 3.69. The zero-order valence-corrected chi connectivity index (χ0v) is 7.85. The molecular weight excluding hydrogens is 202 g/mol. The molecule has 70 valence electrons. The smallest absolute Gasteiger partial charge is 0.339 e. The normalized spacial score (nSPS) is 13.5. The summed E-state index contributed by atoms with van der Waals surface area (Å²) in [7, 11) is -3.97. The van der Waals surface area contributed by atoms with Crippen molar-refractivity contribution in [3.05, 3.63) is 12.0 Å². The number of hydrogen-bond donors (Lipinski definition) is 2. The van der Waals surface area contributed by atoms with Gasteiger partial charge in [-0.05, 0) is 0 Å². The summed E-state index contributed by atoms with van der Waals surface area (Å²) < 4.78 is 25.2. The first kappa shape index (κ1) is 11.5. The molecule has 0 bridgehead atoms. The third kappa shape index (κ3) is 3.74. The lowest BCUT2D eigenvalue weighted by molar-refractivity contribution is -0.134. The van der Waals surface area contributed by atoms with Crippen LogP contribution in [-0.4, -0.2) is 26.2 Å². The summed E-state index contributed by atoms with van der Waals surface area (Å²) in [6.07, 6.45) is 0. The second kappa shape index (κ2) is 4.48. The Bertz CT molecular complexity index is 271. The van der Waals surface area contributed by atoms with Crippen LogP contribution in [0.4, 0.5) is 0 Å². The Kier molecular flexibility index (Phi) is 4.29. The van der Waals surface area contributed by atoms with E-state index in [-0.39, 0.29) is 5.75 Å². The van der Waals surface area contributed by atoms with Crippen molar-refractivity contribution in [2.24, 2.45) is 5.73 Å². The topological polar surface area (TPSA) is 86.5 Å². The minimum Gasteiger partial charge on any atom is -0.341 e. The van der Waals surface area contributed by atoms with Crippen LogP contribution < -0.4 is 5.73 Å². The SMILES string of the molecule is C=CS(=O)(=O)OC(=O)[C@@H](N)CS. The van der Waals surface area contributed by atoms with Crippen LogP contribution in [0.15, 0.2) is 12.0 Å². The van der Waals surface area contributed by atoms with Crippen LogP contribution in [0.1, 0.15) is 0 Å². The monoisotopic (exact) mass is 211 g/mol. The van der Waals surface area contributed by atoms with Crippen molar-refractivity contribution < 1.29 is 17.4 Å². The molecule has 0 aromatic heterocycles. The lowest BCUT2D eigenvalue weighted by Crippen LogP contribution is -2.34. The van der Waals surface area contributed by atoms with E-state index in [0.29, 0.717) is 5.41 Å². The number of hydrogen-bond acceptors (Lipinski definition) is 6. The Hall–Kier alpha value is -0.530. The molecule has 0 spiro atoms. The lowest BCUT2D eigenvalue weighted by atomic mass is 10.4. The average molecular weight is 211 g/mol. The molecule has 0 aromatic carbocycles. The number of carbonyl (C=O) groups is 1. The predicted octanol–water partition coefficient (Wildman–Crippen LogP) is -0.740. The fraction of sp³-hybridized carbons (Fsp3) is 0.400. The molecule has 0 aromatic rings. The van der Waals surface area contributed by atoms with Crippen molar-refractivity contribution in [1.82, 2.24) is 0 Å². The highest BCUT2D eigenvalue weighted by Gasteiger charge is 2.18. The minimum atomic E-state index is -3.97. The molecule has 5 nitrogen and oxygen atoms in total. The van der Waals surface area contributed by atoms with Gasteiger partial charge in [0.2, 0.25) is 0 Å². The van der Waals surface area contributed by atoms with Crippen LogP contribution in [0.2, 0.25) is 0 Å². The summed E-state index contributed by atoms with van der Waals surface area (Å²) in [5, 5.41) is 0.524. The van der Waals surface area contributed by atoms with Crippen molar-refractivity contribution in [2.75, 3.05) is 5.75 Å². The Morgan fingerprint density at radius 1 is 1.75 bits per heavy atom. The molecule has 2 N–H and O–H groups in total. The molecule has 1 atom stereocenters. The van der Waals surface area contributed by atoms with Crippen LogP contribution in [0, 0.1) is 0 Å². The third-order valence-corrected chi connectivity index (χ3v) is 2.10. The Balaban J connectivity index is 4.29. The van der Waals surface area contributed by atoms with Crippen molar-refractivity contribution in [1.29, 1.82) is 0 Å². The van der Waals surface area contributed by atoms with Gasteiger partial charge in [0.25, 0.3) is 0 Å². The van der Waals surface area contributed by atoms with Crippen LogP contribution in [0.25, 0.3) is 0 Å². The van der Waals surface area contributed by atoms with E-state index in [9.17, 15) is 13.2 Å². The van der Waals surface area contributed by atoms with Crippen molar-refractivity contribution in [2.45, 2.75) is 6.04 Å². The molecular formula is C5H9NO4S2. The van der Waals surface area contributed by atoms with Gasteiger partial charge in [0, 0.05) is 5.75 Å². The van der Waals surface area contributed by atoms with Crippen molar-refractivity contribution in [3.63, 3.8) is 0 Å². The zero-order valence-electron chi connectivity index (χ0n) is 6.13. The largest absolute Gasteiger partial charge is 0.341 e. The molecule has 7 heteroatoms. The van der Waals surface area contributed by atoms with Gasteiger partial charge in [-0.1, -0.05) is 6.58 Å². The zero-order chi connectivity index (χ0) is 9.78. The molecule has 0 saturated carbocycles. The number of carbonyl (C=O) groups excluding carboxylic acids is 1. The standard InChI is InChI=1S/C5H9NO4S2/c1-2-12(8,9)10-5(7)4(6)3-11/h2,4,11H,1,3,6H2/t4-/m0/s1. The minimum absolute atomic E-state index is 0.0193. The maximum atomic E-state index is 10.7. The molecule has 0 amide bonds. The van der Waals surface area contributed by atoms with E-state index in [1.54, 1.807) is 0 Å². The van der Waals surface area contributed by atoms with Gasteiger partial charge in [-0.2, -0.15) is 21.0 Å². The molecule has 0 heterocycles. The molecule has 0 saturated heterocycles. The summed E-state index contributed by atoms with van der Waals surface area (Å²) in [5.41, 5.74) is 5.13. The van der Waals surface area contributed by atoms with Crippen LogP contribution >= 0.6 is 12.6 Å². The first-order valence-electron chi connectivity index (χ1n) is 2.90. The molecule has 0 aliphatic rings. The highest BCUT2D eigenvalue weighted by atomic mass is 32.2. The van der Waals surface area contributed by atoms with Crippen LogP contribution in [0.5, 0.6) is 0 Å². The van der Waals surface area contributed by atoms with Crippen molar-refractivity contribution >= 4 is 28.7 Å². The Labute approximate surface area is 76.1 Å². The van der Waals surface area contributed by atoms with Gasteiger partial charge in [0.1, 0.15) is 6.04 Å². The second-order valence-electron chi connectivity index (χ2n) is 1.85. The van der Waals surface area contributed by atoms with E-state index in [0.717, 1.165) is 0 Å². The van der Waals surface area contributed by atoms with Crippen molar-refractivity contribution in [3.8, 4) is 0 Å². The van der Waals surface area contributed by atoms with E-state index in [4.69, 9.17) is 5.73 Å². The average Bonchev–Trinajstić information content (AvgIpc) is 2.02. The van der Waals surface area contributed by atoms with Crippen LogP contribution in [0.3, 0.4) is 0 Å². The van der Waals surface area contributed by atoms with E-state index < -0.39 is 22.1 Å². The quantitative estimate of drug-likeness (QED) is 0.472. The van der Waals surface area contributed by atoms with E-state index in [2.05, 4.69) is 23.4 Å². The van der Waals surface area contributed by atoms with Gasteiger partial charge in [0.05, 0.1) is 5.41 Å². The number of nitrogens with two attached hydrogens (primary N) is 1. The van der Waals surface area contributed by atoms with Gasteiger partial charge in [-0.15, -0.1) is 0 Å². The second-order valence-corrected chi connectivity index (χ2v) is 3.70. The highest BCUT2D eigenvalue weighted by molar-refractivity contribution is 7.90. The van der Waals surface area contributed by atoms with Gasteiger partial charge in [0.15, 0.2) is 0 Å². The van der Waals surface area contributed by atoms with Gasteiger partial charge < -0.3 is 9.92 Å². The molecule has 0 aliphatic heterocycles. The first-order valence-corrected chi connectivity index (χ1v) is 5.00. The van der Waals surface area contributed by atoms with Gasteiger partial charge >= 0.3 is 16.1 Å². The third-order valence-electron chi connectivity index (χ3n) is 0.902. The number of rotatable bonds is 4. The maximum Gasteiger partial charge on any atom is 0.339 e. The lowest BCUT2D eigenvalue weighted by Gasteiger charge is -2.05.